The molecular formula is C6H13BF3KS. The van der Waals surface area contributed by atoms with Crippen molar-refractivity contribution in [3.63, 3.8) is 0 Å². The molecule has 0 spiro atoms. The third-order valence-electron chi connectivity index (χ3n) is 1.49. The van der Waals surface area contributed by atoms with E-state index in [1.165, 1.54) is 0 Å². The van der Waals surface area contributed by atoms with Crippen molar-refractivity contribution in [2.24, 2.45) is 5.92 Å². The Balaban J connectivity index is 0. The van der Waals surface area contributed by atoms with E-state index in [2.05, 4.69) is 0 Å². The van der Waals surface area contributed by atoms with Crippen LogP contribution in [0.15, 0.2) is 0 Å². The largest absolute Gasteiger partial charge is 1.00 e. The van der Waals surface area contributed by atoms with E-state index in [0.29, 0.717) is 5.92 Å². The molecule has 0 fully saturated rings. The van der Waals surface area contributed by atoms with E-state index >= 15 is 0 Å². The maximum Gasteiger partial charge on any atom is 1.00 e. The number of hydrogen-bond donors (Lipinski definition) is 0. The molecule has 0 aliphatic rings. The van der Waals surface area contributed by atoms with Crippen molar-refractivity contribution in [2.75, 3.05) is 5.65 Å². The molecule has 0 amide bonds. The average molecular weight is 224 g/mol. The zero-order valence-corrected chi connectivity index (χ0v) is 11.9. The van der Waals surface area contributed by atoms with Crippen LogP contribution in [0.2, 0.25) is 0 Å². The van der Waals surface area contributed by atoms with E-state index in [1.54, 1.807) is 0 Å². The molecule has 0 aliphatic carbocycles. The van der Waals surface area contributed by atoms with Crippen LogP contribution in [-0.4, -0.2) is 17.9 Å². The van der Waals surface area contributed by atoms with Gasteiger partial charge in [0.2, 0.25) is 0 Å². The quantitative estimate of drug-likeness (QED) is 0.613. The maximum absolute atomic E-state index is 11.7. The molecule has 0 rings (SSSR count). The Labute approximate surface area is 119 Å². The Bertz CT molecular complexity index is 118. The Morgan fingerprint density at radius 2 is 1.58 bits per heavy atom. The van der Waals surface area contributed by atoms with Gasteiger partial charge in [0.15, 0.2) is 0 Å². The van der Waals surface area contributed by atoms with Crippen LogP contribution in [0.3, 0.4) is 0 Å². The molecule has 0 aromatic carbocycles. The third-order valence-corrected chi connectivity index (χ3v) is 3.13. The summed E-state index contributed by atoms with van der Waals surface area (Å²) >= 11 is 0.994. The first kappa shape index (κ1) is 16.3. The summed E-state index contributed by atoms with van der Waals surface area (Å²) in [5.74, 6) is 0.318. The normalized spacial score (nSPS) is 14.2. The summed E-state index contributed by atoms with van der Waals surface area (Å²) in [5.41, 5.74) is -0.667. The fourth-order valence-corrected chi connectivity index (χ4v) is 1.36. The summed E-state index contributed by atoms with van der Waals surface area (Å²) in [6.07, 6.45) is 0. The van der Waals surface area contributed by atoms with Crippen LogP contribution in [0.4, 0.5) is 12.9 Å². The predicted octanol–water partition coefficient (Wildman–Crippen LogP) is 0.155. The van der Waals surface area contributed by atoms with Gasteiger partial charge < -0.3 is 12.9 Å². The monoisotopic (exact) mass is 224 g/mol. The van der Waals surface area contributed by atoms with Crippen LogP contribution in [0.5, 0.6) is 0 Å². The summed E-state index contributed by atoms with van der Waals surface area (Å²) in [6.45, 7) is 1.10. The molecule has 0 nitrogen and oxygen atoms in total. The second kappa shape index (κ2) is 7.18. The topological polar surface area (TPSA) is 0 Å². The van der Waals surface area contributed by atoms with Gasteiger partial charge in [-0.1, -0.05) is 20.8 Å². The molecule has 0 saturated heterocycles. The first-order chi connectivity index (χ1) is 4.83. The average Bonchev–Trinajstić information content (AvgIpc) is 1.80. The van der Waals surface area contributed by atoms with Crippen LogP contribution in [0.1, 0.15) is 20.8 Å². The Morgan fingerprint density at radius 3 is 1.83 bits per heavy atom. The van der Waals surface area contributed by atoms with E-state index in [1.807, 2.05) is 20.8 Å². The van der Waals surface area contributed by atoms with Gasteiger partial charge in [-0.2, -0.15) is 11.8 Å². The number of hydrogen-bond acceptors (Lipinski definition) is 1. The molecule has 0 saturated carbocycles. The summed E-state index contributed by atoms with van der Waals surface area (Å²) in [7, 11) is 0. The molecule has 6 heteroatoms. The zero-order chi connectivity index (χ0) is 9.07. The Kier molecular flexibility index (Phi) is 9.73. The fourth-order valence-electron chi connectivity index (χ4n) is 0.453. The van der Waals surface area contributed by atoms with Gasteiger partial charge in [-0.05, 0) is 11.6 Å². The second-order valence-corrected chi connectivity index (χ2v) is 4.40. The molecule has 1 unspecified atom stereocenters. The molecule has 0 bridgehead atoms. The van der Waals surface area contributed by atoms with E-state index in [-0.39, 0.29) is 56.6 Å². The van der Waals surface area contributed by atoms with Crippen molar-refractivity contribution in [1.82, 2.24) is 0 Å². The molecular weight excluding hydrogens is 211 g/mol. The zero-order valence-electron chi connectivity index (χ0n) is 7.98. The van der Waals surface area contributed by atoms with Gasteiger partial charge in [0.1, 0.15) is 0 Å². The molecule has 12 heavy (non-hydrogen) atoms. The van der Waals surface area contributed by atoms with Gasteiger partial charge in [-0.25, -0.2) is 0 Å². The van der Waals surface area contributed by atoms with Gasteiger partial charge in [-0.3, -0.25) is 0 Å². The first-order valence-corrected chi connectivity index (χ1v) is 4.70. The molecule has 68 valence electrons. The minimum atomic E-state index is -4.60. The van der Waals surface area contributed by atoms with Crippen molar-refractivity contribution >= 4 is 18.7 Å². The minimum Gasteiger partial charge on any atom is -0.448 e. The van der Waals surface area contributed by atoms with Gasteiger partial charge in [0.25, 0.3) is 0 Å². The second-order valence-electron chi connectivity index (χ2n) is 2.99. The number of rotatable bonds is 4. The van der Waals surface area contributed by atoms with E-state index < -0.39 is 12.6 Å². The SMILES string of the molecule is CC(C)C(C)SC[B-](F)(F)F.[K+]. The van der Waals surface area contributed by atoms with Gasteiger partial charge in [0.05, 0.1) is 0 Å². The molecule has 0 aromatic rings. The van der Waals surface area contributed by atoms with Crippen LogP contribution in [0, 0.1) is 5.92 Å². The maximum atomic E-state index is 11.7. The summed E-state index contributed by atoms with van der Waals surface area (Å²) in [4.78, 5) is 0. The molecule has 0 heterocycles. The predicted molar refractivity (Wildman–Crippen MR) is 45.8 cm³/mol. The molecule has 0 radical (unpaired) electrons. The van der Waals surface area contributed by atoms with Crippen molar-refractivity contribution < 1.29 is 64.3 Å². The summed E-state index contributed by atoms with van der Waals surface area (Å²) in [5, 5.41) is 0.0958. The van der Waals surface area contributed by atoms with Crippen molar-refractivity contribution in [3.05, 3.63) is 0 Å². The van der Waals surface area contributed by atoms with Crippen LogP contribution < -0.4 is 51.4 Å². The van der Waals surface area contributed by atoms with E-state index in [4.69, 9.17) is 0 Å². The summed E-state index contributed by atoms with van der Waals surface area (Å²) < 4.78 is 35.2. The Hall–Kier alpha value is 1.84. The summed E-state index contributed by atoms with van der Waals surface area (Å²) in [6, 6.07) is 0. The van der Waals surface area contributed by atoms with Crippen LogP contribution >= 0.6 is 11.8 Å². The van der Waals surface area contributed by atoms with Gasteiger partial charge >= 0.3 is 58.4 Å². The van der Waals surface area contributed by atoms with Crippen LogP contribution in [-0.2, 0) is 0 Å². The third kappa shape index (κ3) is 9.93. The van der Waals surface area contributed by atoms with Crippen molar-refractivity contribution in [1.29, 1.82) is 0 Å². The van der Waals surface area contributed by atoms with E-state index in [0.717, 1.165) is 11.8 Å². The molecule has 0 aromatic heterocycles. The molecule has 0 aliphatic heterocycles. The number of halogens is 3. The van der Waals surface area contributed by atoms with Crippen molar-refractivity contribution in [2.45, 2.75) is 26.0 Å². The number of thioether (sulfide) groups is 1. The molecule has 1 atom stereocenters. The van der Waals surface area contributed by atoms with Crippen molar-refractivity contribution in [3.8, 4) is 0 Å². The fraction of sp³-hybridized carbons (Fsp3) is 1.00. The first-order valence-electron chi connectivity index (χ1n) is 3.65. The van der Waals surface area contributed by atoms with E-state index in [9.17, 15) is 12.9 Å². The standard InChI is InChI=1S/C6H13BF3S.K/c1-5(2)6(3)11-4-7(8,9)10;/h5-6H,4H2,1-3H3;/q-1;+1. The van der Waals surface area contributed by atoms with Gasteiger partial charge in [0, 0.05) is 5.25 Å². The minimum absolute atomic E-state index is 0. The molecule has 0 N–H and O–H groups in total. The van der Waals surface area contributed by atoms with Crippen LogP contribution in [0.25, 0.3) is 0 Å². The smallest absolute Gasteiger partial charge is 0.448 e. The van der Waals surface area contributed by atoms with Gasteiger partial charge in [-0.15, -0.1) is 0 Å². The Morgan fingerprint density at radius 1 is 1.17 bits per heavy atom.